The van der Waals surface area contributed by atoms with Crippen molar-refractivity contribution in [2.45, 2.75) is 300 Å². The molecule has 0 fully saturated rings. The maximum absolute atomic E-state index is 12.2. The van der Waals surface area contributed by atoms with Crippen LogP contribution in [0, 0.1) is 40.9 Å². The first-order valence-electron chi connectivity index (χ1n) is 29.3. The van der Waals surface area contributed by atoms with E-state index >= 15 is 0 Å². The fraction of sp³-hybridized carbons (Fsp3) is 0.697. The van der Waals surface area contributed by atoms with E-state index in [1.807, 2.05) is 0 Å². The van der Waals surface area contributed by atoms with Crippen LogP contribution in [0.25, 0.3) is 16.9 Å². The largest absolute Gasteiger partial charge is 2.00 e. The Morgan fingerprint density at radius 1 is 0.362 bits per heavy atom. The van der Waals surface area contributed by atoms with E-state index in [9.17, 15) is 5.53 Å². The van der Waals surface area contributed by atoms with Gasteiger partial charge in [0.2, 0.25) is 11.4 Å². The maximum atomic E-state index is 12.2. The topological polar surface area (TPSA) is 25.3 Å². The molecule has 0 spiro atoms. The number of aryl methyl sites for hydroxylation is 4. The third kappa shape index (κ3) is 27.8. The summed E-state index contributed by atoms with van der Waals surface area (Å²) in [7, 11) is 0. The fourth-order valence-corrected chi connectivity index (χ4v) is 10.1. The van der Waals surface area contributed by atoms with Crippen LogP contribution in [0.2, 0.25) is 0 Å². The summed E-state index contributed by atoms with van der Waals surface area (Å²) >= 11 is 0. The molecule has 0 unspecified atom stereocenters. The van der Waals surface area contributed by atoms with Gasteiger partial charge in [0.25, 0.3) is 0 Å². The monoisotopic (exact) mass is 989 g/mol. The summed E-state index contributed by atoms with van der Waals surface area (Å²) in [6.07, 6.45) is 50.0. The number of unbranched alkanes of at least 4 members (excludes halogenated alkanes) is 26. The van der Waals surface area contributed by atoms with Crippen molar-refractivity contribution < 1.29 is 21.2 Å². The van der Waals surface area contributed by atoms with Gasteiger partial charge in [-0.15, -0.1) is 0 Å². The summed E-state index contributed by atoms with van der Waals surface area (Å²) in [5, 5.41) is 0. The molecule has 1 aliphatic rings. The number of rotatable bonds is 38. The minimum Gasteiger partial charge on any atom is -0.518 e. The number of nitrogens with zero attached hydrogens (tertiary/aromatic N) is 2. The summed E-state index contributed by atoms with van der Waals surface area (Å²) in [4.78, 5) is 0. The molecule has 2 nitrogen and oxygen atoms in total. The first kappa shape index (κ1) is 66.5. The van der Waals surface area contributed by atoms with Crippen molar-refractivity contribution >= 4 is 11.4 Å². The molecule has 0 N–H and O–H groups in total. The molecule has 0 radical (unpaired) electrons. The van der Waals surface area contributed by atoms with Gasteiger partial charge in [0.05, 0.1) is 0 Å². The second-order valence-electron chi connectivity index (χ2n) is 20.7. The molecule has 0 bridgehead atoms. The van der Waals surface area contributed by atoms with Gasteiger partial charge in [-0.2, -0.15) is 0 Å². The van der Waals surface area contributed by atoms with Crippen LogP contribution in [0.3, 0.4) is 0 Å². The van der Waals surface area contributed by atoms with Gasteiger partial charge in [0, 0.05) is 22.3 Å². The average molecular weight is 990 g/mol. The molecule has 0 saturated heterocycles. The standard InChI is InChI=1S/C40H60N2.2C13H25.Ni/c1-9-13-17-18-19-20-24-38-37(23-16-12-4)39(33-25-29(5)35(21-14-10-2)30(6)26-33)42(41)40(38)34-27-31(7)36(22-15-11-3)32(8)28-34;2*1-3-5-7-9-11-13-12-10-8-6-4-2;/h25-28H,9-24H2,1-8H3;2*1,3H,4-13H2,2H3;/q;2*-1;+2. The SMILES string of the molecule is CCCCCCCCC1=C(c2cc(C)c(CCCC)c(C)c2)[N+](=[N-])C(c2cc(C)c(CCCC)c(C)c2)=C1CCCC.[CH-]=CCCCCCCCCCCC.[CH-]=CCCCCCCCCCCC.[Ni+2]. The Labute approximate surface area is 441 Å². The molecule has 0 saturated carbocycles. The molecule has 394 valence electrons. The Morgan fingerprint density at radius 2 is 0.609 bits per heavy atom. The molecule has 2 aromatic carbocycles. The van der Waals surface area contributed by atoms with Gasteiger partial charge < -0.3 is 18.7 Å². The first-order chi connectivity index (χ1) is 33.1. The number of allylic oxidation sites excluding steroid dienone is 4. The minimum atomic E-state index is 0. The Hall–Kier alpha value is -2.51. The summed E-state index contributed by atoms with van der Waals surface area (Å²) < 4.78 is 1.59. The Balaban J connectivity index is 0.00000140. The molecule has 2 aromatic rings. The van der Waals surface area contributed by atoms with Gasteiger partial charge >= 0.3 is 16.5 Å². The number of hydrogen-bond acceptors (Lipinski definition) is 0. The summed E-state index contributed by atoms with van der Waals surface area (Å²) in [5.41, 5.74) is 27.7. The Morgan fingerprint density at radius 3 is 0.899 bits per heavy atom. The second kappa shape index (κ2) is 44.2. The average Bonchev–Trinajstić information content (AvgIpc) is 3.60. The zero-order valence-corrected chi connectivity index (χ0v) is 48.3. The predicted octanol–water partition coefficient (Wildman–Crippen LogP) is 22.5. The molecule has 3 rings (SSSR count). The minimum absolute atomic E-state index is 0. The molecule has 0 aromatic heterocycles. The third-order valence-electron chi connectivity index (χ3n) is 14.4. The molecule has 0 aliphatic carbocycles. The summed E-state index contributed by atoms with van der Waals surface area (Å²) in [6, 6.07) is 9.39. The molecule has 3 heteroatoms. The van der Waals surface area contributed by atoms with E-state index in [-0.39, 0.29) is 16.5 Å². The van der Waals surface area contributed by atoms with Gasteiger partial charge in [-0.3, -0.25) is 12.2 Å². The zero-order chi connectivity index (χ0) is 50.2. The van der Waals surface area contributed by atoms with E-state index in [2.05, 4.69) is 93.5 Å². The smallest absolute Gasteiger partial charge is 0.518 e. The van der Waals surface area contributed by atoms with Crippen LogP contribution in [0.4, 0.5) is 0 Å². The predicted molar refractivity (Wildman–Crippen MR) is 305 cm³/mol. The summed E-state index contributed by atoms with van der Waals surface area (Å²) in [5.74, 6) is 0. The molecule has 1 aliphatic heterocycles. The van der Waals surface area contributed by atoms with Crippen LogP contribution in [-0.2, 0) is 29.3 Å². The van der Waals surface area contributed by atoms with Gasteiger partial charge in [-0.25, -0.2) is 4.70 Å². The van der Waals surface area contributed by atoms with E-state index in [0.29, 0.717) is 0 Å². The van der Waals surface area contributed by atoms with Crippen molar-refractivity contribution in [2.75, 3.05) is 0 Å². The van der Waals surface area contributed by atoms with E-state index in [4.69, 9.17) is 13.2 Å². The number of benzene rings is 2. The first-order valence-corrected chi connectivity index (χ1v) is 29.3. The summed E-state index contributed by atoms with van der Waals surface area (Å²) in [6.45, 7) is 33.3. The molecular formula is C66H110N2Ni. The molecule has 0 amide bonds. The van der Waals surface area contributed by atoms with Crippen LogP contribution in [-0.4, -0.2) is 4.70 Å². The molecule has 1 heterocycles. The van der Waals surface area contributed by atoms with Crippen molar-refractivity contribution in [3.05, 3.63) is 111 Å². The van der Waals surface area contributed by atoms with Crippen molar-refractivity contribution in [3.8, 4) is 0 Å². The van der Waals surface area contributed by atoms with E-state index in [0.717, 1.165) is 62.8 Å². The Bertz CT molecular complexity index is 1630. The van der Waals surface area contributed by atoms with Gasteiger partial charge in [0.1, 0.15) is 0 Å². The third-order valence-corrected chi connectivity index (χ3v) is 14.4. The van der Waals surface area contributed by atoms with E-state index in [1.165, 1.54) is 235 Å². The van der Waals surface area contributed by atoms with Crippen LogP contribution in [0.1, 0.15) is 304 Å². The van der Waals surface area contributed by atoms with Crippen molar-refractivity contribution in [3.63, 3.8) is 0 Å². The second-order valence-corrected chi connectivity index (χ2v) is 20.7. The normalized spacial score (nSPS) is 12.2. The van der Waals surface area contributed by atoms with Crippen LogP contribution < -0.4 is 0 Å². The zero-order valence-electron chi connectivity index (χ0n) is 47.3. The van der Waals surface area contributed by atoms with Gasteiger partial charge in [0.15, 0.2) is 0 Å². The van der Waals surface area contributed by atoms with Crippen LogP contribution >= 0.6 is 0 Å². The van der Waals surface area contributed by atoms with Crippen molar-refractivity contribution in [2.24, 2.45) is 0 Å². The molecule has 69 heavy (non-hydrogen) atoms. The van der Waals surface area contributed by atoms with Crippen LogP contribution in [0.15, 0.2) is 47.6 Å². The van der Waals surface area contributed by atoms with E-state index in [1.54, 1.807) is 16.8 Å². The van der Waals surface area contributed by atoms with Crippen molar-refractivity contribution in [1.82, 2.24) is 0 Å². The number of hydrogen-bond donors (Lipinski definition) is 0. The maximum Gasteiger partial charge on any atom is 2.00 e. The fourth-order valence-electron chi connectivity index (χ4n) is 10.1. The Kier molecular flexibility index (Phi) is 42.6. The molecular weight excluding hydrogens is 879 g/mol. The quantitative estimate of drug-likeness (QED) is 0.0277. The molecule has 0 atom stereocenters. The van der Waals surface area contributed by atoms with E-state index < -0.39 is 0 Å². The van der Waals surface area contributed by atoms with Crippen molar-refractivity contribution in [1.29, 1.82) is 0 Å². The van der Waals surface area contributed by atoms with Crippen LogP contribution in [0.5, 0.6) is 0 Å². The van der Waals surface area contributed by atoms with Gasteiger partial charge in [-0.05, 0) is 137 Å². The van der Waals surface area contributed by atoms with Gasteiger partial charge in [-0.1, -0.05) is 221 Å².